The van der Waals surface area contributed by atoms with Crippen molar-refractivity contribution in [1.29, 1.82) is 5.26 Å². The summed E-state index contributed by atoms with van der Waals surface area (Å²) in [5, 5.41) is 13.2. The molecule has 0 unspecified atom stereocenters. The lowest BCUT2D eigenvalue weighted by Crippen LogP contribution is -2.09. The van der Waals surface area contributed by atoms with E-state index in [4.69, 9.17) is 59.8 Å². The van der Waals surface area contributed by atoms with Gasteiger partial charge in [0.05, 0.1) is 57.2 Å². The van der Waals surface area contributed by atoms with Gasteiger partial charge in [-0.15, -0.1) is 0 Å². The molecule has 20 aromatic rings. The van der Waals surface area contributed by atoms with Crippen molar-refractivity contribution in [3.8, 4) is 165 Å². The summed E-state index contributed by atoms with van der Waals surface area (Å²) in [5.41, 5.74) is 9.32. The summed E-state index contributed by atoms with van der Waals surface area (Å²) >= 11 is 0. The third-order valence-corrected chi connectivity index (χ3v) is 20.8. The van der Waals surface area contributed by atoms with Crippen LogP contribution in [0.1, 0.15) is 11.1 Å². The molecule has 0 spiro atoms. The molecule has 554 valence electrons. The molecule has 0 aliphatic carbocycles. The molecule has 19 heteroatoms. The molecule has 20 rings (SSSR count). The van der Waals surface area contributed by atoms with Crippen molar-refractivity contribution >= 4 is 49.3 Å². The minimum absolute atomic E-state index is 0.0795. The van der Waals surface area contributed by atoms with E-state index in [1.165, 1.54) is 12.1 Å². The van der Waals surface area contributed by atoms with E-state index < -0.39 is 11.7 Å². The first-order valence-electron chi connectivity index (χ1n) is 37.8. The van der Waals surface area contributed by atoms with Crippen molar-refractivity contribution in [3.63, 3.8) is 0 Å². The topological polar surface area (TPSA) is 193 Å². The van der Waals surface area contributed by atoms with Gasteiger partial charge < -0.3 is 9.13 Å². The number of hydrogen-bond donors (Lipinski definition) is 0. The minimum Gasteiger partial charge on any atom is -0.308 e. The summed E-state index contributed by atoms with van der Waals surface area (Å²) in [6, 6.07) is 110. The van der Waals surface area contributed by atoms with E-state index in [9.17, 15) is 11.8 Å². The van der Waals surface area contributed by atoms with E-state index in [2.05, 4.69) is 4.85 Å². The van der Waals surface area contributed by atoms with Crippen molar-refractivity contribution in [2.75, 3.05) is 0 Å². The summed E-state index contributed by atoms with van der Waals surface area (Å²) in [6.45, 7) is 9.31. The van der Waals surface area contributed by atoms with E-state index in [0.717, 1.165) is 72.1 Å². The number of aromatic nitrogens is 14. The van der Waals surface area contributed by atoms with Gasteiger partial charge in [-0.05, 0) is 59.7 Å². The largest absolute Gasteiger partial charge is 0.417 e. The van der Waals surface area contributed by atoms with Gasteiger partial charge >= 0.3 is 6.18 Å². The molecule has 0 atom stereocenters. The fourth-order valence-corrected chi connectivity index (χ4v) is 15.2. The average molecular weight is 1530 g/mol. The molecule has 0 saturated carbocycles. The van der Waals surface area contributed by atoms with Gasteiger partial charge in [0.1, 0.15) is 0 Å². The molecule has 6 aromatic heterocycles. The normalized spacial score (nSPS) is 11.5. The van der Waals surface area contributed by atoms with E-state index in [-0.39, 0.29) is 22.4 Å². The van der Waals surface area contributed by atoms with Crippen LogP contribution in [-0.4, -0.2) is 68.9 Å². The number of alkyl halides is 3. The van der Waals surface area contributed by atoms with Crippen molar-refractivity contribution in [2.24, 2.45) is 0 Å². The first kappa shape index (κ1) is 70.6. The number of nitrogens with zero attached hydrogens (tertiary/aromatic N) is 16. The zero-order valence-corrected chi connectivity index (χ0v) is 62.2. The monoisotopic (exact) mass is 1530 g/mol. The van der Waals surface area contributed by atoms with Gasteiger partial charge in [-0.1, -0.05) is 297 Å². The van der Waals surface area contributed by atoms with Gasteiger partial charge in [-0.25, -0.2) is 64.7 Å². The third kappa shape index (κ3) is 13.2. The Morgan fingerprint density at radius 2 is 0.483 bits per heavy atom. The number of benzene rings is 14. The Kier molecular flexibility index (Phi) is 17.7. The van der Waals surface area contributed by atoms with Crippen LogP contribution in [0.2, 0.25) is 0 Å². The van der Waals surface area contributed by atoms with Crippen LogP contribution >= 0.6 is 0 Å². The molecule has 16 nitrogen and oxygen atoms in total. The molecule has 14 aromatic carbocycles. The Morgan fingerprint density at radius 3 is 0.703 bits per heavy atom. The SMILES string of the molecule is [C-]#[N+]c1cc(-n2c3cc(-c4nc(-c5ccccc5)nc(-c5ccccc5)n4)ccc3c3ccc(-c4nc(-c5ccccc5)nc(-c5ccccc5)n4)cc32)c(-n2c3cc(-c4nc(-c5ccccc5)nc(-c5ccccc5)n4)ccc3c3ccc(-c4nc(-c5ccccc5)nc(-c5ccccc5)n4)cc32)cc1-c1ccc(C#N)cc1C(F)(F)F. The number of nitriles is 1. The van der Waals surface area contributed by atoms with Crippen LogP contribution in [0.4, 0.5) is 18.9 Å². The molecule has 0 N–H and O–H groups in total. The van der Waals surface area contributed by atoms with E-state index >= 15 is 13.2 Å². The molecular weight excluding hydrogens is 1470 g/mol. The molecule has 0 radical (unpaired) electrons. The van der Waals surface area contributed by atoms with Crippen LogP contribution in [0, 0.1) is 17.9 Å². The van der Waals surface area contributed by atoms with Crippen LogP contribution in [0.15, 0.2) is 346 Å². The Balaban J connectivity index is 0.932. The summed E-state index contributed by atoms with van der Waals surface area (Å²) in [6.07, 6.45) is -5.02. The fraction of sp³-hybridized carbons (Fsp3) is 0.0101. The summed E-state index contributed by atoms with van der Waals surface area (Å²) < 4.78 is 52.9. The second-order valence-corrected chi connectivity index (χ2v) is 28.1. The van der Waals surface area contributed by atoms with Crippen LogP contribution < -0.4 is 0 Å². The first-order chi connectivity index (χ1) is 58.0. The molecule has 0 aliphatic heterocycles. The molecule has 0 aliphatic rings. The molecule has 0 bridgehead atoms. The van der Waals surface area contributed by atoms with Crippen LogP contribution in [-0.2, 0) is 6.18 Å². The van der Waals surface area contributed by atoms with Gasteiger partial charge in [0.15, 0.2) is 75.6 Å². The Labute approximate surface area is 672 Å². The van der Waals surface area contributed by atoms with Gasteiger partial charge in [0.2, 0.25) is 0 Å². The molecule has 118 heavy (non-hydrogen) atoms. The number of fused-ring (bicyclic) bond motifs is 6. The van der Waals surface area contributed by atoms with Gasteiger partial charge in [0, 0.05) is 88.3 Å². The Bertz CT molecular complexity index is 6810. The fourth-order valence-electron chi connectivity index (χ4n) is 15.2. The number of rotatable bonds is 15. The van der Waals surface area contributed by atoms with Crippen LogP contribution in [0.5, 0.6) is 0 Å². The minimum atomic E-state index is -5.02. The van der Waals surface area contributed by atoms with Gasteiger partial charge in [-0.3, -0.25) is 0 Å². The van der Waals surface area contributed by atoms with Crippen molar-refractivity contribution in [1.82, 2.24) is 68.9 Å². The molecule has 6 heterocycles. The summed E-state index contributed by atoms with van der Waals surface area (Å²) in [5.74, 6) is 4.71. The summed E-state index contributed by atoms with van der Waals surface area (Å²) in [4.78, 5) is 66.4. The molecule has 0 fully saturated rings. The highest BCUT2D eigenvalue weighted by atomic mass is 19.4. The Hall–Kier alpha value is -16.5. The quantitative estimate of drug-likeness (QED) is 0.0881. The van der Waals surface area contributed by atoms with Gasteiger partial charge in [-0.2, -0.15) is 18.4 Å². The maximum atomic E-state index is 16.3. The maximum Gasteiger partial charge on any atom is 0.417 e. The number of halogens is 3. The predicted molar refractivity (Wildman–Crippen MR) is 455 cm³/mol. The van der Waals surface area contributed by atoms with E-state index in [0.29, 0.717) is 126 Å². The zero-order chi connectivity index (χ0) is 79.4. The predicted octanol–water partition coefficient (Wildman–Crippen LogP) is 23.7. The molecular formula is C99H57F3N16. The second kappa shape index (κ2) is 29.5. The second-order valence-electron chi connectivity index (χ2n) is 28.1. The van der Waals surface area contributed by atoms with Crippen molar-refractivity contribution < 1.29 is 13.2 Å². The van der Waals surface area contributed by atoms with Crippen molar-refractivity contribution in [2.45, 2.75) is 6.18 Å². The summed E-state index contributed by atoms with van der Waals surface area (Å²) in [7, 11) is 0. The van der Waals surface area contributed by atoms with Crippen LogP contribution in [0.25, 0.3) is 208 Å². The highest BCUT2D eigenvalue weighted by Gasteiger charge is 2.36. The lowest BCUT2D eigenvalue weighted by Gasteiger charge is -2.21. The Morgan fingerprint density at radius 1 is 0.254 bits per heavy atom. The van der Waals surface area contributed by atoms with Gasteiger partial charge in [0.25, 0.3) is 0 Å². The number of hydrogen-bond acceptors (Lipinski definition) is 13. The first-order valence-corrected chi connectivity index (χ1v) is 37.8. The van der Waals surface area contributed by atoms with Crippen LogP contribution in [0.3, 0.4) is 0 Å². The van der Waals surface area contributed by atoms with E-state index in [1.807, 2.05) is 331 Å². The maximum absolute atomic E-state index is 16.3. The zero-order valence-electron chi connectivity index (χ0n) is 62.2. The highest BCUT2D eigenvalue weighted by Crippen LogP contribution is 2.49. The third-order valence-electron chi connectivity index (χ3n) is 20.8. The highest BCUT2D eigenvalue weighted by molar-refractivity contribution is 6.14. The van der Waals surface area contributed by atoms with E-state index in [1.54, 1.807) is 12.1 Å². The molecule has 0 amide bonds. The lowest BCUT2D eigenvalue weighted by atomic mass is 9.94. The lowest BCUT2D eigenvalue weighted by molar-refractivity contribution is -0.137. The van der Waals surface area contributed by atoms with Crippen molar-refractivity contribution in [3.05, 3.63) is 368 Å². The average Bonchev–Trinajstić information content (AvgIpc) is 1.54. The standard InChI is InChI=1S/C99H57F3N16/c1-104-80-58-86(118-83-55-71(97-113-91(65-34-18-6-19-35-65)107-92(114-97)66-36-20-7-21-37-66)45-50-76(83)77-51-46-72(56-84(77)118)98-115-93(67-38-22-8-23-39-67)108-94(116-98)68-40-24-9-25-41-68)85(57-78(80)73-47-42-60(59-103)52-79(73)99(100,101)102)117-81-53-69(95-109-87(61-26-10-2-11-27-61)105-88(110-95)62-28-12-3-13-29-62)43-48-74(81)75-49-44-70(54-82(75)117)96-111-89(63-30-14-4-15-31-63)106-90(112-96)64-32-16-5-17-33-64/h2-58H. The smallest absolute Gasteiger partial charge is 0.308 e. The molecule has 0 saturated heterocycles.